The summed E-state index contributed by atoms with van der Waals surface area (Å²) in [6.07, 6.45) is 0. The number of amides is 1. The van der Waals surface area contributed by atoms with E-state index in [0.29, 0.717) is 33.1 Å². The van der Waals surface area contributed by atoms with Crippen LogP contribution in [0.5, 0.6) is 5.75 Å². The Morgan fingerprint density at radius 1 is 1.03 bits per heavy atom. The maximum absolute atomic E-state index is 12.6. The number of rotatable bonds is 4. The molecule has 2 aromatic heterocycles. The van der Waals surface area contributed by atoms with Crippen LogP contribution in [0.15, 0.2) is 75.6 Å². The summed E-state index contributed by atoms with van der Waals surface area (Å²) in [5, 5.41) is 16.6. The van der Waals surface area contributed by atoms with Gasteiger partial charge in [-0.05, 0) is 85.7 Å². The third kappa shape index (κ3) is 4.82. The molecular weight excluding hydrogens is 498 g/mol. The van der Waals surface area contributed by atoms with Crippen molar-refractivity contribution in [1.29, 1.82) is 0 Å². The molecule has 36 heavy (non-hydrogen) atoms. The number of nitrogens with zero attached hydrogens (tertiary/aromatic N) is 1. The average Bonchev–Trinajstić information content (AvgIpc) is 3.48. The Morgan fingerprint density at radius 2 is 1.86 bits per heavy atom. The Labute approximate surface area is 216 Å². The molecule has 0 bridgehead atoms. The van der Waals surface area contributed by atoms with E-state index in [1.54, 1.807) is 42.5 Å². The number of hydrogen-bond acceptors (Lipinski definition) is 6. The Hall–Kier alpha value is -4.14. The van der Waals surface area contributed by atoms with Gasteiger partial charge in [-0.1, -0.05) is 29.8 Å². The minimum atomic E-state index is -0.510. The van der Waals surface area contributed by atoms with Crippen molar-refractivity contribution in [1.82, 2.24) is 10.3 Å². The Balaban J connectivity index is 1.31. The summed E-state index contributed by atoms with van der Waals surface area (Å²) in [6, 6.07) is 19.1. The van der Waals surface area contributed by atoms with Crippen molar-refractivity contribution < 1.29 is 18.7 Å². The molecule has 3 N–H and O–H groups in total. The van der Waals surface area contributed by atoms with E-state index >= 15 is 0 Å². The normalized spacial score (nSPS) is 11.0. The molecule has 2 heterocycles. The van der Waals surface area contributed by atoms with Crippen molar-refractivity contribution in [3.8, 4) is 28.5 Å². The molecule has 5 aromatic rings. The molecule has 0 fully saturated rings. The van der Waals surface area contributed by atoms with Crippen LogP contribution in [0.2, 0.25) is 5.02 Å². The predicted octanol–water partition coefficient (Wildman–Crippen LogP) is 6.86. The van der Waals surface area contributed by atoms with E-state index in [-0.39, 0.29) is 22.5 Å². The monoisotopic (exact) mass is 517 g/mol. The van der Waals surface area contributed by atoms with E-state index in [9.17, 15) is 9.90 Å². The van der Waals surface area contributed by atoms with Crippen molar-refractivity contribution >= 4 is 51.6 Å². The van der Waals surface area contributed by atoms with Crippen LogP contribution in [-0.2, 0) is 0 Å². The van der Waals surface area contributed by atoms with Gasteiger partial charge in [0.15, 0.2) is 16.5 Å². The third-order valence-corrected chi connectivity index (χ3v) is 5.91. The topological polar surface area (TPSA) is 101 Å². The molecule has 0 radical (unpaired) electrons. The molecule has 0 unspecified atom stereocenters. The molecular formula is C27H20ClN3O4S. The number of thiocarbonyl (C=S) groups is 1. The number of benzene rings is 3. The zero-order valence-electron chi connectivity index (χ0n) is 19.3. The summed E-state index contributed by atoms with van der Waals surface area (Å²) in [7, 11) is 0. The molecule has 0 atom stereocenters. The second-order valence-electron chi connectivity index (χ2n) is 8.26. The lowest BCUT2D eigenvalue weighted by Gasteiger charge is -2.10. The second-order valence-corrected chi connectivity index (χ2v) is 9.11. The maximum Gasteiger partial charge on any atom is 0.293 e. The predicted molar refractivity (Wildman–Crippen MR) is 143 cm³/mol. The number of aryl methyl sites for hydroxylation is 2. The average molecular weight is 518 g/mol. The smallest absolute Gasteiger partial charge is 0.293 e. The quantitative estimate of drug-likeness (QED) is 0.177. The number of aromatic hydroxyl groups is 1. The lowest BCUT2D eigenvalue weighted by molar-refractivity contribution is 0.0951. The molecule has 0 aliphatic heterocycles. The number of aromatic nitrogens is 1. The Bertz CT molecular complexity index is 1640. The number of phenols is 1. The van der Waals surface area contributed by atoms with Gasteiger partial charge in [-0.25, -0.2) is 4.98 Å². The van der Waals surface area contributed by atoms with Crippen LogP contribution >= 0.6 is 23.8 Å². The van der Waals surface area contributed by atoms with Crippen LogP contribution in [0, 0.1) is 13.8 Å². The lowest BCUT2D eigenvalue weighted by Crippen LogP contribution is -2.33. The van der Waals surface area contributed by atoms with Gasteiger partial charge in [-0.3, -0.25) is 10.1 Å². The summed E-state index contributed by atoms with van der Waals surface area (Å²) in [6.45, 7) is 3.93. The summed E-state index contributed by atoms with van der Waals surface area (Å²) < 4.78 is 11.6. The van der Waals surface area contributed by atoms with Crippen molar-refractivity contribution in [2.24, 2.45) is 0 Å². The third-order valence-electron chi connectivity index (χ3n) is 5.47. The standard InChI is InChI=1S/C27H20ClN3O4S/c1-14-10-15(2)24-20(11-14)30-26(35-24)19-13-18(6-7-21(19)32)29-27(36)31-25(33)23-9-8-22(34-23)16-4-3-5-17(28)12-16/h3-13,32H,1-2H3,(H2,29,31,33,36). The van der Waals surface area contributed by atoms with Crippen molar-refractivity contribution in [3.63, 3.8) is 0 Å². The van der Waals surface area contributed by atoms with E-state index in [0.717, 1.165) is 16.7 Å². The Morgan fingerprint density at radius 3 is 2.67 bits per heavy atom. The van der Waals surface area contributed by atoms with Crippen LogP contribution < -0.4 is 10.6 Å². The van der Waals surface area contributed by atoms with Crippen molar-refractivity contribution in [3.05, 3.63) is 88.6 Å². The molecule has 3 aromatic carbocycles. The van der Waals surface area contributed by atoms with Crippen molar-refractivity contribution in [2.45, 2.75) is 13.8 Å². The maximum atomic E-state index is 12.6. The summed E-state index contributed by atoms with van der Waals surface area (Å²) in [5.74, 6) is 0.371. The summed E-state index contributed by atoms with van der Waals surface area (Å²) in [4.78, 5) is 17.2. The molecule has 1 amide bonds. The number of oxazole rings is 1. The first kappa shape index (κ1) is 23.6. The number of carbonyl (C=O) groups is 1. The second kappa shape index (κ2) is 9.49. The molecule has 0 saturated heterocycles. The number of anilines is 1. The molecule has 7 nitrogen and oxygen atoms in total. The van der Waals surface area contributed by atoms with E-state index in [2.05, 4.69) is 15.6 Å². The van der Waals surface area contributed by atoms with Gasteiger partial charge in [0.25, 0.3) is 5.91 Å². The fourth-order valence-corrected chi connectivity index (χ4v) is 4.26. The number of carbonyl (C=O) groups excluding carboxylic acids is 1. The van der Waals surface area contributed by atoms with Gasteiger partial charge in [0.2, 0.25) is 5.89 Å². The molecule has 5 rings (SSSR count). The molecule has 0 spiro atoms. The Kier molecular flexibility index (Phi) is 6.22. The first-order valence-electron chi connectivity index (χ1n) is 11.0. The van der Waals surface area contributed by atoms with Gasteiger partial charge < -0.3 is 19.3 Å². The summed E-state index contributed by atoms with van der Waals surface area (Å²) >= 11 is 11.3. The highest BCUT2D eigenvalue weighted by atomic mass is 35.5. The van der Waals surface area contributed by atoms with Gasteiger partial charge in [-0.2, -0.15) is 0 Å². The van der Waals surface area contributed by atoms with Crippen LogP contribution in [0.3, 0.4) is 0 Å². The van der Waals surface area contributed by atoms with Crippen LogP contribution in [0.4, 0.5) is 5.69 Å². The summed E-state index contributed by atoms with van der Waals surface area (Å²) in [5.41, 5.74) is 5.06. The highest BCUT2D eigenvalue weighted by molar-refractivity contribution is 7.80. The van der Waals surface area contributed by atoms with E-state index < -0.39 is 5.91 Å². The number of nitrogens with one attached hydrogen (secondary N) is 2. The molecule has 0 saturated carbocycles. The van der Waals surface area contributed by atoms with Gasteiger partial charge in [0, 0.05) is 16.3 Å². The van der Waals surface area contributed by atoms with E-state index in [1.807, 2.05) is 32.0 Å². The lowest BCUT2D eigenvalue weighted by atomic mass is 10.1. The highest BCUT2D eigenvalue weighted by Gasteiger charge is 2.17. The fourth-order valence-electron chi connectivity index (χ4n) is 3.86. The van der Waals surface area contributed by atoms with Gasteiger partial charge in [-0.15, -0.1) is 0 Å². The largest absolute Gasteiger partial charge is 0.507 e. The van der Waals surface area contributed by atoms with E-state index in [4.69, 9.17) is 32.7 Å². The van der Waals surface area contributed by atoms with Gasteiger partial charge in [0.1, 0.15) is 17.0 Å². The number of phenolic OH excluding ortho intramolecular Hbond substituents is 1. The minimum absolute atomic E-state index is 0.000524. The number of fused-ring (bicyclic) bond motifs is 1. The number of furan rings is 1. The fraction of sp³-hybridized carbons (Fsp3) is 0.0741. The number of hydrogen-bond donors (Lipinski definition) is 3. The SMILES string of the molecule is Cc1cc(C)c2oc(-c3cc(NC(=S)NC(=O)c4ccc(-c5cccc(Cl)c5)o4)ccc3O)nc2c1. The zero-order valence-corrected chi connectivity index (χ0v) is 20.8. The van der Waals surface area contributed by atoms with Crippen molar-refractivity contribution in [2.75, 3.05) is 5.32 Å². The first-order chi connectivity index (χ1) is 17.3. The highest BCUT2D eigenvalue weighted by Crippen LogP contribution is 2.34. The minimum Gasteiger partial charge on any atom is -0.507 e. The van der Waals surface area contributed by atoms with Crippen LogP contribution in [-0.4, -0.2) is 21.1 Å². The van der Waals surface area contributed by atoms with Gasteiger partial charge >= 0.3 is 0 Å². The number of halogens is 1. The first-order valence-corrected chi connectivity index (χ1v) is 11.7. The van der Waals surface area contributed by atoms with Crippen LogP contribution in [0.25, 0.3) is 33.9 Å². The van der Waals surface area contributed by atoms with Gasteiger partial charge in [0.05, 0.1) is 5.56 Å². The van der Waals surface area contributed by atoms with E-state index in [1.165, 1.54) is 6.07 Å². The molecule has 0 aliphatic carbocycles. The zero-order chi connectivity index (χ0) is 25.4. The molecule has 9 heteroatoms. The molecule has 0 aliphatic rings. The van der Waals surface area contributed by atoms with Crippen LogP contribution in [0.1, 0.15) is 21.7 Å². The molecule has 180 valence electrons.